The minimum atomic E-state index is -1.47. The maximum Gasteiger partial charge on any atom is 0.305 e. The van der Waals surface area contributed by atoms with Gasteiger partial charge in [0.2, 0.25) is 11.8 Å². The van der Waals surface area contributed by atoms with Crippen LogP contribution in [-0.4, -0.2) is 79.6 Å². The predicted molar refractivity (Wildman–Crippen MR) is 325 cm³/mol. The van der Waals surface area contributed by atoms with Gasteiger partial charge in [-0.25, -0.2) is 0 Å². The fraction of sp³-hybridized carbons (Fsp3) is 0.836. The Kier molecular flexibility index (Phi) is 50.3. The molecule has 3 N–H and O–H groups in total. The van der Waals surface area contributed by atoms with Gasteiger partial charge < -0.3 is 30.2 Å². The molecule has 78 heavy (non-hydrogen) atoms. The number of hydrogen-bond donors (Lipinski definition) is 2. The number of allylic oxidation sites excluding steroid dienone is 6. The molecule has 0 radical (unpaired) electrons. The SMILES string of the molecule is CCCCCCCC/C=C\CCCCCCCC(=O)OCC(COC(=O)CCCCCCC/C=C\CCCCCCCC)(COC(=O)CCCCCCC/C=C\CCCCCCCC)NC(=O)CCN1CCC(C(N)=O)CC1. The first kappa shape index (κ1) is 72.5. The number of amides is 2. The second-order valence-corrected chi connectivity index (χ2v) is 23.1. The van der Waals surface area contributed by atoms with Crippen LogP contribution in [0.15, 0.2) is 36.5 Å². The monoisotopic (exact) mass is 1100 g/mol. The third-order valence-electron chi connectivity index (χ3n) is 15.5. The van der Waals surface area contributed by atoms with Crippen LogP contribution in [-0.2, 0) is 38.2 Å². The molecule has 452 valence electrons. The number of nitrogens with one attached hydrogen (secondary N) is 1. The Labute approximate surface area is 479 Å². The zero-order valence-electron chi connectivity index (χ0n) is 50.9. The van der Waals surface area contributed by atoms with E-state index in [4.69, 9.17) is 19.9 Å². The minimum Gasteiger partial charge on any atom is -0.463 e. The van der Waals surface area contributed by atoms with Crippen LogP contribution in [0.5, 0.6) is 0 Å². The molecule has 1 saturated heterocycles. The van der Waals surface area contributed by atoms with Crippen molar-refractivity contribution < 1.29 is 38.2 Å². The molecule has 0 bridgehead atoms. The highest BCUT2D eigenvalue weighted by atomic mass is 16.6. The van der Waals surface area contributed by atoms with Gasteiger partial charge in [0, 0.05) is 38.1 Å². The molecule has 1 heterocycles. The summed E-state index contributed by atoms with van der Waals surface area (Å²) in [5, 5.41) is 3.04. The highest BCUT2D eigenvalue weighted by Crippen LogP contribution is 2.20. The third-order valence-corrected chi connectivity index (χ3v) is 15.5. The summed E-state index contributed by atoms with van der Waals surface area (Å²) in [5.41, 5.74) is 4.10. The lowest BCUT2D eigenvalue weighted by atomic mass is 9.96. The molecule has 1 fully saturated rings. The molecule has 11 nitrogen and oxygen atoms in total. The van der Waals surface area contributed by atoms with Crippen LogP contribution in [0.1, 0.15) is 310 Å². The van der Waals surface area contributed by atoms with E-state index in [-0.39, 0.29) is 63.2 Å². The molecule has 0 spiro atoms. The van der Waals surface area contributed by atoms with Crippen LogP contribution in [0.25, 0.3) is 0 Å². The van der Waals surface area contributed by atoms with Gasteiger partial charge in [-0.1, -0.05) is 211 Å². The minimum absolute atomic E-state index is 0.123. The van der Waals surface area contributed by atoms with Gasteiger partial charge >= 0.3 is 17.9 Å². The molecule has 0 atom stereocenters. The summed E-state index contributed by atoms with van der Waals surface area (Å²) in [6, 6.07) is 0. The zero-order valence-corrected chi connectivity index (χ0v) is 50.9. The standard InChI is InChI=1S/C67H121N3O8/c1-4-7-10-13-16-19-22-25-28-31-34-37-40-43-46-49-63(72)76-58-67(69-62(71)54-57-70-55-52-61(53-56-70)66(68)75,59-77-64(73)50-47-44-41-38-35-32-29-26-23-20-17-14-11-8-5-2)60-78-65(74)51-48-45-42-39-36-33-30-27-24-21-18-15-12-9-6-3/h25-30,61H,4-24,31-60H2,1-3H3,(H2,68,75)(H,69,71)/b28-25-,29-26-,30-27-. The molecule has 0 unspecified atom stereocenters. The predicted octanol–water partition coefficient (Wildman–Crippen LogP) is 17.2. The summed E-state index contributed by atoms with van der Waals surface area (Å²) < 4.78 is 17.7. The fourth-order valence-corrected chi connectivity index (χ4v) is 10.2. The fourth-order valence-electron chi connectivity index (χ4n) is 10.2. The van der Waals surface area contributed by atoms with Crippen molar-refractivity contribution in [3.8, 4) is 0 Å². The highest BCUT2D eigenvalue weighted by Gasteiger charge is 2.38. The number of ether oxygens (including phenoxy) is 3. The Balaban J connectivity index is 2.84. The lowest BCUT2D eigenvalue weighted by Crippen LogP contribution is -2.59. The maximum atomic E-state index is 13.8. The van der Waals surface area contributed by atoms with Crippen LogP contribution in [0.3, 0.4) is 0 Å². The van der Waals surface area contributed by atoms with E-state index in [2.05, 4.69) is 67.4 Å². The smallest absolute Gasteiger partial charge is 0.305 e. The number of esters is 3. The van der Waals surface area contributed by atoms with E-state index in [9.17, 15) is 24.0 Å². The number of likely N-dealkylation sites (tertiary alicyclic amines) is 1. The third kappa shape index (κ3) is 46.3. The van der Waals surface area contributed by atoms with Gasteiger partial charge in [0.15, 0.2) is 0 Å². The summed E-state index contributed by atoms with van der Waals surface area (Å²) in [7, 11) is 0. The van der Waals surface area contributed by atoms with Crippen LogP contribution in [0.2, 0.25) is 0 Å². The second-order valence-electron chi connectivity index (χ2n) is 23.1. The van der Waals surface area contributed by atoms with Crippen LogP contribution >= 0.6 is 0 Å². The van der Waals surface area contributed by atoms with E-state index < -0.39 is 23.4 Å². The molecule has 1 aliphatic rings. The van der Waals surface area contributed by atoms with Crippen molar-refractivity contribution in [3.05, 3.63) is 36.5 Å². The van der Waals surface area contributed by atoms with E-state index in [1.165, 1.54) is 135 Å². The Hall–Kier alpha value is -3.47. The molecular formula is C67H121N3O8. The van der Waals surface area contributed by atoms with Crippen LogP contribution < -0.4 is 11.1 Å². The molecule has 11 heteroatoms. The molecule has 0 aromatic rings. The lowest BCUT2D eigenvalue weighted by molar-refractivity contribution is -0.159. The molecule has 0 aliphatic carbocycles. The summed E-state index contributed by atoms with van der Waals surface area (Å²) >= 11 is 0. The molecule has 1 aliphatic heterocycles. The number of nitrogens with zero attached hydrogens (tertiary/aromatic N) is 1. The Morgan fingerprint density at radius 2 is 0.679 bits per heavy atom. The van der Waals surface area contributed by atoms with Crippen LogP contribution in [0.4, 0.5) is 0 Å². The number of primary amides is 1. The topological polar surface area (TPSA) is 154 Å². The number of rotatable bonds is 56. The highest BCUT2D eigenvalue weighted by molar-refractivity contribution is 5.78. The number of unbranched alkanes of at least 4 members (excludes halogenated alkanes) is 33. The van der Waals surface area contributed by atoms with Gasteiger partial charge in [0.05, 0.1) is 0 Å². The van der Waals surface area contributed by atoms with Gasteiger partial charge in [-0.3, -0.25) is 24.0 Å². The molecular weight excluding hydrogens is 975 g/mol. The lowest BCUT2D eigenvalue weighted by Gasteiger charge is -2.34. The largest absolute Gasteiger partial charge is 0.463 e. The molecule has 2 amide bonds. The molecule has 1 rings (SSSR count). The van der Waals surface area contributed by atoms with Gasteiger partial charge in [-0.15, -0.1) is 0 Å². The van der Waals surface area contributed by atoms with Crippen molar-refractivity contribution >= 4 is 29.7 Å². The van der Waals surface area contributed by atoms with Gasteiger partial charge in [0.1, 0.15) is 25.4 Å². The maximum absolute atomic E-state index is 13.8. The average molecular weight is 1100 g/mol. The van der Waals surface area contributed by atoms with Crippen molar-refractivity contribution in [3.63, 3.8) is 0 Å². The summed E-state index contributed by atoms with van der Waals surface area (Å²) in [4.78, 5) is 67.7. The molecule has 0 saturated carbocycles. The van der Waals surface area contributed by atoms with Crippen molar-refractivity contribution in [2.75, 3.05) is 39.5 Å². The number of piperidine rings is 1. The van der Waals surface area contributed by atoms with Crippen molar-refractivity contribution in [1.82, 2.24) is 10.2 Å². The zero-order chi connectivity index (χ0) is 56.7. The van der Waals surface area contributed by atoms with Gasteiger partial charge in [0.25, 0.3) is 0 Å². The van der Waals surface area contributed by atoms with Crippen molar-refractivity contribution in [2.24, 2.45) is 11.7 Å². The first-order valence-electron chi connectivity index (χ1n) is 32.9. The number of nitrogens with two attached hydrogens (primary N) is 1. The first-order valence-corrected chi connectivity index (χ1v) is 32.9. The van der Waals surface area contributed by atoms with Crippen molar-refractivity contribution in [1.29, 1.82) is 0 Å². The Morgan fingerprint density at radius 1 is 0.410 bits per heavy atom. The quantitative estimate of drug-likeness (QED) is 0.0262. The van der Waals surface area contributed by atoms with Gasteiger partial charge in [-0.2, -0.15) is 0 Å². The number of carbonyl (C=O) groups excluding carboxylic acids is 5. The van der Waals surface area contributed by atoms with Crippen molar-refractivity contribution in [2.45, 2.75) is 315 Å². The van der Waals surface area contributed by atoms with Crippen LogP contribution in [0, 0.1) is 5.92 Å². The van der Waals surface area contributed by atoms with Gasteiger partial charge in [-0.05, 0) is 122 Å². The van der Waals surface area contributed by atoms with E-state index in [0.29, 0.717) is 51.7 Å². The molecule has 0 aromatic carbocycles. The summed E-state index contributed by atoms with van der Waals surface area (Å²) in [5.74, 6) is -1.98. The molecule has 0 aromatic heterocycles. The first-order chi connectivity index (χ1) is 38.1. The van der Waals surface area contributed by atoms with E-state index >= 15 is 0 Å². The Morgan fingerprint density at radius 3 is 0.962 bits per heavy atom. The summed E-state index contributed by atoms with van der Waals surface area (Å²) in [6.45, 7) is 7.63. The summed E-state index contributed by atoms with van der Waals surface area (Å²) in [6.07, 6.45) is 61.2. The average Bonchev–Trinajstić information content (AvgIpc) is 3.45. The second kappa shape index (κ2) is 54.1. The normalized spacial score (nSPS) is 13.5. The number of hydrogen-bond acceptors (Lipinski definition) is 9. The Bertz CT molecular complexity index is 1400. The van der Waals surface area contributed by atoms with E-state index in [1.807, 2.05) is 0 Å². The van der Waals surface area contributed by atoms with E-state index in [0.717, 1.165) is 96.3 Å². The number of carbonyl (C=O) groups is 5. The van der Waals surface area contributed by atoms with E-state index in [1.54, 1.807) is 0 Å².